The molecule has 0 aliphatic heterocycles. The number of benzene rings is 1. The number of aryl methyl sites for hydroxylation is 2. The molecule has 1 rings (SSSR count). The minimum Gasteiger partial charge on any atom is -0.489 e. The molecule has 108 valence electrons. The Morgan fingerprint density at radius 2 is 1.84 bits per heavy atom. The van der Waals surface area contributed by atoms with E-state index in [0.29, 0.717) is 6.04 Å². The second kappa shape index (κ2) is 7.54. The zero-order chi connectivity index (χ0) is 14.4. The average Bonchev–Trinajstić information content (AvgIpc) is 2.36. The van der Waals surface area contributed by atoms with E-state index in [4.69, 9.17) is 4.74 Å². The molecule has 0 radical (unpaired) electrons. The summed E-state index contributed by atoms with van der Waals surface area (Å²) in [6.45, 7) is 14.0. The largest absolute Gasteiger partial charge is 0.489 e. The molecule has 0 aromatic heterocycles. The van der Waals surface area contributed by atoms with Crippen molar-refractivity contribution in [3.05, 3.63) is 28.8 Å². The predicted octanol–water partition coefficient (Wildman–Crippen LogP) is 4.16. The monoisotopic (exact) mass is 263 g/mol. The van der Waals surface area contributed by atoms with E-state index in [1.54, 1.807) is 0 Å². The van der Waals surface area contributed by atoms with Crippen LogP contribution >= 0.6 is 0 Å². The van der Waals surface area contributed by atoms with E-state index in [1.165, 1.54) is 16.7 Å². The van der Waals surface area contributed by atoms with Crippen LogP contribution in [0.5, 0.6) is 5.75 Å². The second-order valence-electron chi connectivity index (χ2n) is 5.50. The maximum Gasteiger partial charge on any atom is 0.123 e. The lowest BCUT2D eigenvalue weighted by atomic mass is 10.0. The zero-order valence-corrected chi connectivity index (χ0v) is 13.3. The van der Waals surface area contributed by atoms with Crippen LogP contribution in [0.4, 0.5) is 0 Å². The molecule has 0 fully saturated rings. The van der Waals surface area contributed by atoms with Gasteiger partial charge < -0.3 is 10.1 Å². The summed E-state index contributed by atoms with van der Waals surface area (Å²) in [6.07, 6.45) is 2.44. The highest BCUT2D eigenvalue weighted by molar-refractivity contribution is 5.42. The van der Waals surface area contributed by atoms with Crippen LogP contribution in [0.1, 0.15) is 50.3 Å². The first-order valence-electron chi connectivity index (χ1n) is 7.47. The van der Waals surface area contributed by atoms with Gasteiger partial charge >= 0.3 is 0 Å². The summed E-state index contributed by atoms with van der Waals surface area (Å²) in [4.78, 5) is 0. The van der Waals surface area contributed by atoms with Crippen LogP contribution in [-0.4, -0.2) is 18.7 Å². The van der Waals surface area contributed by atoms with Crippen molar-refractivity contribution < 1.29 is 4.74 Å². The Labute approximate surface area is 118 Å². The number of hydrogen-bond acceptors (Lipinski definition) is 2. The Morgan fingerprint density at radius 1 is 1.16 bits per heavy atom. The molecular formula is C17H29NO. The van der Waals surface area contributed by atoms with Crippen molar-refractivity contribution in [2.75, 3.05) is 6.54 Å². The lowest BCUT2D eigenvalue weighted by molar-refractivity contribution is 0.166. The van der Waals surface area contributed by atoms with Gasteiger partial charge in [0, 0.05) is 6.04 Å². The SMILES string of the molecule is CCCNC(CC)C(C)Oc1cc(C)cc(C)c1C. The fourth-order valence-corrected chi connectivity index (χ4v) is 2.38. The maximum atomic E-state index is 6.19. The van der Waals surface area contributed by atoms with Gasteiger partial charge in [-0.2, -0.15) is 0 Å². The van der Waals surface area contributed by atoms with E-state index >= 15 is 0 Å². The molecule has 0 bridgehead atoms. The number of rotatable bonds is 7. The Hall–Kier alpha value is -1.02. The van der Waals surface area contributed by atoms with Crippen molar-refractivity contribution in [1.82, 2.24) is 5.32 Å². The molecule has 1 aromatic rings. The van der Waals surface area contributed by atoms with Crippen molar-refractivity contribution in [3.63, 3.8) is 0 Å². The smallest absolute Gasteiger partial charge is 0.123 e. The number of nitrogens with one attached hydrogen (secondary N) is 1. The molecule has 0 saturated carbocycles. The minimum atomic E-state index is 0.191. The molecule has 19 heavy (non-hydrogen) atoms. The van der Waals surface area contributed by atoms with Gasteiger partial charge in [0.2, 0.25) is 0 Å². The Kier molecular flexibility index (Phi) is 6.36. The van der Waals surface area contributed by atoms with E-state index in [-0.39, 0.29) is 6.10 Å². The van der Waals surface area contributed by atoms with Crippen molar-refractivity contribution >= 4 is 0 Å². The van der Waals surface area contributed by atoms with E-state index in [1.807, 2.05) is 0 Å². The summed E-state index contributed by atoms with van der Waals surface area (Å²) < 4.78 is 6.19. The Balaban J connectivity index is 2.77. The van der Waals surface area contributed by atoms with Crippen LogP contribution in [0.25, 0.3) is 0 Å². The molecule has 2 unspecified atom stereocenters. The molecule has 0 saturated heterocycles. The third-order valence-corrected chi connectivity index (χ3v) is 3.74. The summed E-state index contributed by atoms with van der Waals surface area (Å²) in [5.74, 6) is 1.03. The fraction of sp³-hybridized carbons (Fsp3) is 0.647. The summed E-state index contributed by atoms with van der Waals surface area (Å²) >= 11 is 0. The Bertz CT molecular complexity index is 400. The molecule has 0 heterocycles. The summed E-state index contributed by atoms with van der Waals surface area (Å²) in [5, 5.41) is 3.56. The van der Waals surface area contributed by atoms with Gasteiger partial charge in [0.1, 0.15) is 11.9 Å². The molecule has 1 aromatic carbocycles. The van der Waals surface area contributed by atoms with Gasteiger partial charge in [-0.3, -0.25) is 0 Å². The third kappa shape index (κ3) is 4.54. The van der Waals surface area contributed by atoms with Crippen LogP contribution in [0.15, 0.2) is 12.1 Å². The van der Waals surface area contributed by atoms with Gasteiger partial charge in [-0.25, -0.2) is 0 Å². The van der Waals surface area contributed by atoms with Crippen molar-refractivity contribution in [2.24, 2.45) is 0 Å². The normalized spacial score (nSPS) is 14.2. The van der Waals surface area contributed by atoms with Crippen molar-refractivity contribution in [3.8, 4) is 5.75 Å². The first kappa shape index (κ1) is 16.0. The van der Waals surface area contributed by atoms with Crippen molar-refractivity contribution in [1.29, 1.82) is 0 Å². The van der Waals surface area contributed by atoms with E-state index in [0.717, 1.165) is 25.1 Å². The molecular weight excluding hydrogens is 234 g/mol. The third-order valence-electron chi connectivity index (χ3n) is 3.74. The van der Waals surface area contributed by atoms with E-state index in [2.05, 4.69) is 59.0 Å². The summed E-state index contributed by atoms with van der Waals surface area (Å²) in [7, 11) is 0. The van der Waals surface area contributed by atoms with Gasteiger partial charge in [0.15, 0.2) is 0 Å². The molecule has 1 N–H and O–H groups in total. The maximum absolute atomic E-state index is 6.19. The van der Waals surface area contributed by atoms with Crippen LogP contribution in [0.2, 0.25) is 0 Å². The quantitative estimate of drug-likeness (QED) is 0.797. The van der Waals surface area contributed by atoms with E-state index in [9.17, 15) is 0 Å². The average molecular weight is 263 g/mol. The summed E-state index contributed by atoms with van der Waals surface area (Å²) in [5.41, 5.74) is 3.82. The highest BCUT2D eigenvalue weighted by Crippen LogP contribution is 2.25. The van der Waals surface area contributed by atoms with Gasteiger partial charge in [-0.05, 0) is 69.8 Å². The highest BCUT2D eigenvalue weighted by atomic mass is 16.5. The van der Waals surface area contributed by atoms with Crippen LogP contribution in [0.3, 0.4) is 0 Å². The molecule has 0 aliphatic rings. The zero-order valence-electron chi connectivity index (χ0n) is 13.3. The number of ether oxygens (including phenoxy) is 1. The van der Waals surface area contributed by atoms with Gasteiger partial charge in [0.25, 0.3) is 0 Å². The fourth-order valence-electron chi connectivity index (χ4n) is 2.38. The van der Waals surface area contributed by atoms with Gasteiger partial charge in [-0.15, -0.1) is 0 Å². The topological polar surface area (TPSA) is 21.3 Å². The molecule has 0 amide bonds. The lowest BCUT2D eigenvalue weighted by Crippen LogP contribution is -2.41. The molecule has 2 heteroatoms. The van der Waals surface area contributed by atoms with Crippen LogP contribution in [-0.2, 0) is 0 Å². The van der Waals surface area contributed by atoms with Crippen molar-refractivity contribution in [2.45, 2.75) is 66.5 Å². The van der Waals surface area contributed by atoms with Crippen LogP contribution in [0, 0.1) is 20.8 Å². The molecule has 0 spiro atoms. The van der Waals surface area contributed by atoms with Gasteiger partial charge in [-0.1, -0.05) is 19.9 Å². The van der Waals surface area contributed by atoms with Crippen LogP contribution < -0.4 is 10.1 Å². The first-order valence-corrected chi connectivity index (χ1v) is 7.47. The predicted molar refractivity (Wildman–Crippen MR) is 83.1 cm³/mol. The first-order chi connectivity index (χ1) is 8.99. The van der Waals surface area contributed by atoms with Gasteiger partial charge in [0.05, 0.1) is 0 Å². The molecule has 2 nitrogen and oxygen atoms in total. The molecule has 2 atom stereocenters. The second-order valence-corrected chi connectivity index (χ2v) is 5.50. The van der Waals surface area contributed by atoms with E-state index < -0.39 is 0 Å². The minimum absolute atomic E-state index is 0.191. The highest BCUT2D eigenvalue weighted by Gasteiger charge is 2.17. The Morgan fingerprint density at radius 3 is 2.42 bits per heavy atom. The lowest BCUT2D eigenvalue weighted by Gasteiger charge is -2.26. The molecule has 0 aliphatic carbocycles. The summed E-state index contributed by atoms with van der Waals surface area (Å²) in [6, 6.07) is 4.77. The number of hydrogen-bond donors (Lipinski definition) is 1. The standard InChI is InChI=1S/C17H29NO/c1-7-9-18-16(8-2)15(6)19-17-11-12(3)10-13(4)14(17)5/h10-11,15-16,18H,7-9H2,1-6H3.